The Bertz CT molecular complexity index is 1030. The van der Waals surface area contributed by atoms with Gasteiger partial charge in [-0.2, -0.15) is 0 Å². The Hall–Kier alpha value is -3.08. The Morgan fingerprint density at radius 1 is 1.07 bits per heavy atom. The first kappa shape index (κ1) is 19.2. The second-order valence-electron chi connectivity index (χ2n) is 7.82. The quantitative estimate of drug-likeness (QED) is 0.732. The zero-order valence-corrected chi connectivity index (χ0v) is 16.9. The lowest BCUT2D eigenvalue weighted by molar-refractivity contribution is -0.131. The highest BCUT2D eigenvalue weighted by atomic mass is 16.3. The number of piperidine rings is 1. The molecule has 1 aromatic heterocycles. The second kappa shape index (κ2) is 8.11. The molecule has 0 bridgehead atoms. The molecule has 1 aliphatic heterocycles. The highest BCUT2D eigenvalue weighted by Gasteiger charge is 2.25. The molecule has 3 aromatic rings. The normalized spacial score (nSPS) is 14.9. The van der Waals surface area contributed by atoms with E-state index in [1.165, 1.54) is 5.56 Å². The molecule has 1 fully saturated rings. The number of carbonyl (C=O) groups excluding carboxylic acids is 2. The van der Waals surface area contributed by atoms with Crippen LogP contribution in [0.3, 0.4) is 0 Å². The number of fused-ring (bicyclic) bond motifs is 1. The van der Waals surface area contributed by atoms with E-state index in [4.69, 9.17) is 4.42 Å². The van der Waals surface area contributed by atoms with Gasteiger partial charge in [0.1, 0.15) is 5.58 Å². The van der Waals surface area contributed by atoms with Gasteiger partial charge in [-0.15, -0.1) is 0 Å². The molecule has 4 rings (SSSR count). The van der Waals surface area contributed by atoms with Gasteiger partial charge >= 0.3 is 0 Å². The van der Waals surface area contributed by atoms with E-state index in [0.29, 0.717) is 25.1 Å². The third-order valence-corrected chi connectivity index (χ3v) is 5.90. The molecule has 0 atom stereocenters. The molecule has 0 spiro atoms. The smallest absolute Gasteiger partial charge is 0.251 e. The summed E-state index contributed by atoms with van der Waals surface area (Å²) >= 11 is 0. The fourth-order valence-corrected chi connectivity index (χ4v) is 3.93. The van der Waals surface area contributed by atoms with Gasteiger partial charge in [-0.25, -0.2) is 0 Å². The lowest BCUT2D eigenvalue weighted by atomic mass is 10.0. The molecule has 0 saturated carbocycles. The largest absolute Gasteiger partial charge is 0.464 e. The van der Waals surface area contributed by atoms with Crippen LogP contribution in [0.4, 0.5) is 0 Å². The summed E-state index contributed by atoms with van der Waals surface area (Å²) < 4.78 is 5.73. The van der Waals surface area contributed by atoms with E-state index in [1.54, 1.807) is 6.26 Å². The summed E-state index contributed by atoms with van der Waals surface area (Å²) in [4.78, 5) is 27.0. The van der Waals surface area contributed by atoms with Crippen LogP contribution in [-0.2, 0) is 11.2 Å². The highest BCUT2D eigenvalue weighted by molar-refractivity contribution is 5.94. The van der Waals surface area contributed by atoms with Crippen molar-refractivity contribution in [3.05, 3.63) is 71.0 Å². The van der Waals surface area contributed by atoms with Gasteiger partial charge in [0.2, 0.25) is 5.91 Å². The zero-order chi connectivity index (χ0) is 20.4. The third kappa shape index (κ3) is 4.04. The van der Waals surface area contributed by atoms with Gasteiger partial charge in [0, 0.05) is 35.6 Å². The Morgan fingerprint density at radius 3 is 2.52 bits per heavy atom. The number of furan rings is 1. The van der Waals surface area contributed by atoms with Gasteiger partial charge in [0.15, 0.2) is 0 Å². The number of amides is 2. The van der Waals surface area contributed by atoms with Crippen LogP contribution in [-0.4, -0.2) is 35.8 Å². The first-order valence-electron chi connectivity index (χ1n) is 10.1. The maximum atomic E-state index is 12.8. The number of hydrogen-bond acceptors (Lipinski definition) is 3. The minimum Gasteiger partial charge on any atom is -0.464 e. The monoisotopic (exact) mass is 390 g/mol. The highest BCUT2D eigenvalue weighted by Crippen LogP contribution is 2.27. The number of hydrogen-bond donors (Lipinski definition) is 1. The van der Waals surface area contributed by atoms with Crippen molar-refractivity contribution in [2.45, 2.75) is 39.2 Å². The van der Waals surface area contributed by atoms with Crippen molar-refractivity contribution in [3.63, 3.8) is 0 Å². The molecule has 0 aliphatic carbocycles. The van der Waals surface area contributed by atoms with Gasteiger partial charge < -0.3 is 14.6 Å². The van der Waals surface area contributed by atoms with Gasteiger partial charge in [0.05, 0.1) is 12.7 Å². The lowest BCUT2D eigenvalue weighted by Crippen LogP contribution is -2.46. The molecule has 2 aromatic carbocycles. The molecular formula is C24H26N2O3. The summed E-state index contributed by atoms with van der Waals surface area (Å²) in [6, 6.07) is 13.5. The van der Waals surface area contributed by atoms with E-state index in [0.717, 1.165) is 34.9 Å². The molecule has 0 radical (unpaired) electrons. The number of benzene rings is 2. The van der Waals surface area contributed by atoms with Crippen molar-refractivity contribution in [2.75, 3.05) is 13.1 Å². The second-order valence-corrected chi connectivity index (χ2v) is 7.82. The van der Waals surface area contributed by atoms with E-state index in [-0.39, 0.29) is 17.9 Å². The van der Waals surface area contributed by atoms with E-state index in [9.17, 15) is 9.59 Å². The zero-order valence-electron chi connectivity index (χ0n) is 16.9. The minimum absolute atomic E-state index is 0.0501. The minimum atomic E-state index is -0.0501. The molecule has 1 saturated heterocycles. The number of carbonyl (C=O) groups is 2. The summed E-state index contributed by atoms with van der Waals surface area (Å²) in [6.45, 7) is 5.42. The van der Waals surface area contributed by atoms with Crippen LogP contribution in [0.15, 0.2) is 53.1 Å². The van der Waals surface area contributed by atoms with Crippen LogP contribution in [0.2, 0.25) is 0 Å². The molecular weight excluding hydrogens is 364 g/mol. The molecule has 0 unspecified atom stereocenters. The van der Waals surface area contributed by atoms with Gasteiger partial charge in [0.25, 0.3) is 5.91 Å². The maximum Gasteiger partial charge on any atom is 0.251 e. The van der Waals surface area contributed by atoms with Crippen LogP contribution in [0.1, 0.15) is 39.9 Å². The summed E-state index contributed by atoms with van der Waals surface area (Å²) in [5, 5.41) is 4.10. The molecule has 5 heteroatoms. The predicted octanol–water partition coefficient (Wildman–Crippen LogP) is 4.01. The number of rotatable bonds is 4. The summed E-state index contributed by atoms with van der Waals surface area (Å²) in [5.74, 6) is 0.0599. The van der Waals surface area contributed by atoms with Crippen LogP contribution in [0.5, 0.6) is 0 Å². The fraction of sp³-hybridized carbons (Fsp3) is 0.333. The van der Waals surface area contributed by atoms with Gasteiger partial charge in [-0.1, -0.05) is 30.3 Å². The molecule has 150 valence electrons. The van der Waals surface area contributed by atoms with Crippen molar-refractivity contribution < 1.29 is 14.0 Å². The average Bonchev–Trinajstić information content (AvgIpc) is 3.15. The van der Waals surface area contributed by atoms with Crippen molar-refractivity contribution >= 4 is 22.8 Å². The SMILES string of the molecule is Cc1ccc2c(CC(=O)N3CCC(NC(=O)c4ccccc4)CC3)coc2c1C. The van der Waals surface area contributed by atoms with Crippen molar-refractivity contribution in [2.24, 2.45) is 0 Å². The van der Waals surface area contributed by atoms with Gasteiger partial charge in [-0.3, -0.25) is 9.59 Å². The number of aryl methyl sites for hydroxylation is 2. The van der Waals surface area contributed by atoms with Crippen molar-refractivity contribution in [1.29, 1.82) is 0 Å². The van der Waals surface area contributed by atoms with Crippen LogP contribution in [0.25, 0.3) is 11.0 Å². The molecule has 1 N–H and O–H groups in total. The maximum absolute atomic E-state index is 12.8. The van der Waals surface area contributed by atoms with E-state index in [2.05, 4.69) is 18.3 Å². The third-order valence-electron chi connectivity index (χ3n) is 5.90. The van der Waals surface area contributed by atoms with E-state index >= 15 is 0 Å². The standard InChI is InChI=1S/C24H26N2O3/c1-16-8-9-21-19(15-29-23(21)17(16)2)14-22(27)26-12-10-20(11-13-26)25-24(28)18-6-4-3-5-7-18/h3-9,15,20H,10-14H2,1-2H3,(H,25,28). The van der Waals surface area contributed by atoms with Crippen LogP contribution < -0.4 is 5.32 Å². The van der Waals surface area contributed by atoms with E-state index in [1.807, 2.05) is 48.2 Å². The first-order valence-corrected chi connectivity index (χ1v) is 10.1. The van der Waals surface area contributed by atoms with Gasteiger partial charge in [-0.05, 0) is 49.9 Å². The Labute approximate surface area is 170 Å². The molecule has 1 aliphatic rings. The Balaban J connectivity index is 1.34. The fourth-order valence-electron chi connectivity index (χ4n) is 3.93. The van der Waals surface area contributed by atoms with Crippen molar-refractivity contribution in [3.8, 4) is 0 Å². The summed E-state index contributed by atoms with van der Waals surface area (Å²) in [6.07, 6.45) is 3.60. The molecule has 2 heterocycles. The summed E-state index contributed by atoms with van der Waals surface area (Å²) in [5.41, 5.74) is 4.78. The van der Waals surface area contributed by atoms with Crippen LogP contribution >= 0.6 is 0 Å². The molecule has 5 nitrogen and oxygen atoms in total. The lowest BCUT2D eigenvalue weighted by Gasteiger charge is -2.32. The Kier molecular flexibility index (Phi) is 5.38. The first-order chi connectivity index (χ1) is 14.0. The number of nitrogens with zero attached hydrogens (tertiary/aromatic N) is 1. The number of nitrogens with one attached hydrogen (secondary N) is 1. The average molecular weight is 390 g/mol. The Morgan fingerprint density at radius 2 is 1.79 bits per heavy atom. The van der Waals surface area contributed by atoms with Crippen molar-refractivity contribution in [1.82, 2.24) is 10.2 Å². The van der Waals surface area contributed by atoms with E-state index < -0.39 is 0 Å². The number of likely N-dealkylation sites (tertiary alicyclic amines) is 1. The van der Waals surface area contributed by atoms with Crippen LogP contribution in [0, 0.1) is 13.8 Å². The molecule has 2 amide bonds. The summed E-state index contributed by atoms with van der Waals surface area (Å²) in [7, 11) is 0. The molecule has 29 heavy (non-hydrogen) atoms. The topological polar surface area (TPSA) is 62.6 Å². The predicted molar refractivity (Wildman–Crippen MR) is 113 cm³/mol.